The Balaban J connectivity index is 1.37. The summed E-state index contributed by atoms with van der Waals surface area (Å²) < 4.78 is 11.1. The lowest BCUT2D eigenvalue weighted by atomic mass is 10.00. The summed E-state index contributed by atoms with van der Waals surface area (Å²) in [5.74, 6) is 0.267. The van der Waals surface area contributed by atoms with Gasteiger partial charge in [0.05, 0.1) is 13.7 Å². The molecule has 1 atom stereocenters. The van der Waals surface area contributed by atoms with Crippen molar-refractivity contribution < 1.29 is 23.9 Å². The average molecular weight is 593 g/mol. The van der Waals surface area contributed by atoms with Gasteiger partial charge in [-0.3, -0.25) is 9.59 Å². The van der Waals surface area contributed by atoms with Crippen LogP contribution >= 0.6 is 0 Å². The first-order valence-corrected chi connectivity index (χ1v) is 15.0. The number of benzene rings is 4. The summed E-state index contributed by atoms with van der Waals surface area (Å²) in [6, 6.07) is 31.0. The van der Waals surface area contributed by atoms with Crippen LogP contribution in [0.3, 0.4) is 0 Å². The van der Waals surface area contributed by atoms with E-state index in [-0.39, 0.29) is 11.7 Å². The van der Waals surface area contributed by atoms with Gasteiger partial charge < -0.3 is 19.7 Å². The van der Waals surface area contributed by atoms with E-state index in [1.165, 1.54) is 7.11 Å². The third-order valence-electron chi connectivity index (χ3n) is 7.35. The summed E-state index contributed by atoms with van der Waals surface area (Å²) in [5, 5.41) is 3.24. The molecule has 228 valence electrons. The van der Waals surface area contributed by atoms with E-state index < -0.39 is 12.0 Å². The molecule has 4 aromatic rings. The number of methoxy groups -OCH3 is 1. The molecule has 1 N–H and O–H groups in total. The minimum Gasteiger partial charge on any atom is -0.494 e. The molecule has 4 rings (SSSR count). The zero-order valence-electron chi connectivity index (χ0n) is 25.6. The number of amides is 1. The standard InChI is InChI=1S/C37H40N2O5/c1-4-13-35(40)39(34-19-11-8-14-27(34)2)24-12-25-44-30-22-20-28(21-23-30)26-33(37(42)43-3)38-32-18-10-9-17-31(32)36(41)29-15-6-5-7-16-29/h5-11,14-23,33,38H,4,12-13,24-26H2,1-3H3. The Morgan fingerprint density at radius 3 is 2.23 bits per heavy atom. The Labute approximate surface area is 259 Å². The molecule has 44 heavy (non-hydrogen) atoms. The Morgan fingerprint density at radius 2 is 1.52 bits per heavy atom. The molecular formula is C37H40N2O5. The number of ketones is 1. The molecule has 0 spiro atoms. The van der Waals surface area contributed by atoms with E-state index in [1.807, 2.05) is 91.5 Å². The highest BCUT2D eigenvalue weighted by molar-refractivity contribution is 6.12. The molecular weight excluding hydrogens is 552 g/mol. The Kier molecular flexibility index (Phi) is 11.7. The monoisotopic (exact) mass is 592 g/mol. The predicted octanol–water partition coefficient (Wildman–Crippen LogP) is 7.02. The maximum atomic E-state index is 13.2. The first-order chi connectivity index (χ1) is 21.4. The van der Waals surface area contributed by atoms with E-state index in [0.717, 1.165) is 23.2 Å². The zero-order valence-corrected chi connectivity index (χ0v) is 25.6. The number of hydrogen-bond acceptors (Lipinski definition) is 6. The molecule has 0 aliphatic rings. The second-order valence-electron chi connectivity index (χ2n) is 10.6. The normalized spacial score (nSPS) is 11.3. The second-order valence-corrected chi connectivity index (χ2v) is 10.6. The number of rotatable bonds is 15. The van der Waals surface area contributed by atoms with Crippen LogP contribution in [-0.4, -0.2) is 44.0 Å². The molecule has 0 saturated heterocycles. The summed E-state index contributed by atoms with van der Waals surface area (Å²) in [7, 11) is 1.35. The predicted molar refractivity (Wildman–Crippen MR) is 174 cm³/mol. The lowest BCUT2D eigenvalue weighted by Gasteiger charge is -2.24. The topological polar surface area (TPSA) is 84.9 Å². The van der Waals surface area contributed by atoms with Gasteiger partial charge in [-0.15, -0.1) is 0 Å². The molecule has 4 aromatic carbocycles. The number of nitrogens with zero attached hydrogens (tertiary/aromatic N) is 1. The second kappa shape index (κ2) is 16.1. The van der Waals surface area contributed by atoms with Gasteiger partial charge in [-0.25, -0.2) is 4.79 Å². The summed E-state index contributed by atoms with van der Waals surface area (Å²) >= 11 is 0. The number of anilines is 2. The van der Waals surface area contributed by atoms with Gasteiger partial charge in [-0.2, -0.15) is 0 Å². The van der Waals surface area contributed by atoms with Gasteiger partial charge in [0.1, 0.15) is 11.8 Å². The molecule has 1 unspecified atom stereocenters. The molecule has 7 heteroatoms. The van der Waals surface area contributed by atoms with Gasteiger partial charge >= 0.3 is 5.97 Å². The SMILES string of the molecule is CCCC(=O)N(CCCOc1ccc(CC(Nc2ccccc2C(=O)c2ccccc2)C(=O)OC)cc1)c1ccccc1C. The maximum absolute atomic E-state index is 13.2. The number of esters is 1. The third-order valence-corrected chi connectivity index (χ3v) is 7.35. The molecule has 1 amide bonds. The molecule has 0 aliphatic carbocycles. The van der Waals surface area contributed by atoms with Crippen molar-refractivity contribution in [2.24, 2.45) is 0 Å². The summed E-state index contributed by atoms with van der Waals surface area (Å²) in [6.45, 7) is 5.06. The third kappa shape index (κ3) is 8.57. The van der Waals surface area contributed by atoms with Gasteiger partial charge in [0.15, 0.2) is 5.78 Å². The van der Waals surface area contributed by atoms with Gasteiger partial charge in [0, 0.05) is 41.9 Å². The van der Waals surface area contributed by atoms with Crippen molar-refractivity contribution in [3.05, 3.63) is 125 Å². The molecule has 0 fully saturated rings. The van der Waals surface area contributed by atoms with Gasteiger partial charge in [0.2, 0.25) is 5.91 Å². The average Bonchev–Trinajstić information content (AvgIpc) is 3.05. The van der Waals surface area contributed by atoms with Crippen LogP contribution in [0.5, 0.6) is 5.75 Å². The van der Waals surface area contributed by atoms with Crippen LogP contribution in [0.1, 0.15) is 53.2 Å². The Morgan fingerprint density at radius 1 is 0.841 bits per heavy atom. The quantitative estimate of drug-likeness (QED) is 0.0907. The fourth-order valence-electron chi connectivity index (χ4n) is 5.04. The van der Waals surface area contributed by atoms with E-state index in [4.69, 9.17) is 9.47 Å². The van der Waals surface area contributed by atoms with Crippen LogP contribution in [0.2, 0.25) is 0 Å². The number of carbonyl (C=O) groups is 3. The van der Waals surface area contributed by atoms with Crippen LogP contribution in [-0.2, 0) is 20.7 Å². The summed E-state index contributed by atoms with van der Waals surface area (Å²) in [5.41, 5.74) is 4.53. The maximum Gasteiger partial charge on any atom is 0.328 e. The molecule has 7 nitrogen and oxygen atoms in total. The van der Waals surface area contributed by atoms with E-state index in [2.05, 4.69) is 5.32 Å². The number of para-hydroxylation sites is 2. The van der Waals surface area contributed by atoms with Crippen molar-refractivity contribution in [3.8, 4) is 5.75 Å². The number of aryl methyl sites for hydroxylation is 1. The van der Waals surface area contributed by atoms with Crippen molar-refractivity contribution in [3.63, 3.8) is 0 Å². The van der Waals surface area contributed by atoms with Gasteiger partial charge in [-0.05, 0) is 61.2 Å². The van der Waals surface area contributed by atoms with Crippen molar-refractivity contribution in [2.75, 3.05) is 30.5 Å². The smallest absolute Gasteiger partial charge is 0.328 e. The number of hydrogen-bond donors (Lipinski definition) is 1. The van der Waals surface area contributed by atoms with Gasteiger partial charge in [-0.1, -0.05) is 79.7 Å². The van der Waals surface area contributed by atoms with Crippen LogP contribution in [0.4, 0.5) is 11.4 Å². The van der Waals surface area contributed by atoms with Crippen LogP contribution < -0.4 is 15.0 Å². The minimum atomic E-state index is -0.704. The van der Waals surface area contributed by atoms with Gasteiger partial charge in [0.25, 0.3) is 0 Å². The molecule has 0 saturated carbocycles. The highest BCUT2D eigenvalue weighted by Crippen LogP contribution is 2.23. The highest BCUT2D eigenvalue weighted by Gasteiger charge is 2.23. The van der Waals surface area contributed by atoms with E-state index in [0.29, 0.717) is 55.0 Å². The minimum absolute atomic E-state index is 0.118. The van der Waals surface area contributed by atoms with Crippen molar-refractivity contribution in [1.82, 2.24) is 0 Å². The van der Waals surface area contributed by atoms with E-state index in [9.17, 15) is 14.4 Å². The van der Waals surface area contributed by atoms with Crippen molar-refractivity contribution >= 4 is 29.0 Å². The lowest BCUT2D eigenvalue weighted by molar-refractivity contribution is -0.141. The zero-order chi connectivity index (χ0) is 31.3. The number of nitrogens with one attached hydrogen (secondary N) is 1. The molecule has 0 bridgehead atoms. The van der Waals surface area contributed by atoms with Crippen LogP contribution in [0, 0.1) is 6.92 Å². The lowest BCUT2D eigenvalue weighted by Crippen LogP contribution is -2.33. The van der Waals surface area contributed by atoms with E-state index >= 15 is 0 Å². The highest BCUT2D eigenvalue weighted by atomic mass is 16.5. The van der Waals surface area contributed by atoms with Crippen LogP contribution in [0.15, 0.2) is 103 Å². The Bertz CT molecular complexity index is 1540. The van der Waals surface area contributed by atoms with Crippen molar-refractivity contribution in [2.45, 2.75) is 45.6 Å². The summed E-state index contributed by atoms with van der Waals surface area (Å²) in [4.78, 5) is 40.6. The van der Waals surface area contributed by atoms with Crippen molar-refractivity contribution in [1.29, 1.82) is 0 Å². The first-order valence-electron chi connectivity index (χ1n) is 15.0. The molecule has 0 radical (unpaired) electrons. The molecule has 0 heterocycles. The van der Waals surface area contributed by atoms with E-state index in [1.54, 1.807) is 30.3 Å². The number of carbonyl (C=O) groups excluding carboxylic acids is 3. The Hall–Kier alpha value is -4.91. The van der Waals surface area contributed by atoms with Crippen LogP contribution in [0.25, 0.3) is 0 Å². The number of ether oxygens (including phenoxy) is 2. The fraction of sp³-hybridized carbons (Fsp3) is 0.270. The first kappa shape index (κ1) is 32.0. The molecule has 0 aliphatic heterocycles. The fourth-order valence-corrected chi connectivity index (χ4v) is 5.04. The largest absolute Gasteiger partial charge is 0.494 e. The molecule has 0 aromatic heterocycles. The summed E-state index contributed by atoms with van der Waals surface area (Å²) in [6.07, 6.45) is 2.34.